The van der Waals surface area contributed by atoms with Crippen LogP contribution in [0, 0.1) is 0 Å². The van der Waals surface area contributed by atoms with E-state index in [-0.39, 0.29) is 0 Å². The van der Waals surface area contributed by atoms with Crippen LogP contribution < -0.4 is 0 Å². The van der Waals surface area contributed by atoms with Crippen molar-refractivity contribution >= 4 is 6.21 Å². The van der Waals surface area contributed by atoms with Crippen molar-refractivity contribution in [3.05, 3.63) is 0 Å². The standard InChI is InChI=1S/C17H32N2/c1-2-3-10-15-18-19(16-11-6-4-7-12-16)17-13-8-5-9-14-17/h15-17H,2-14H2,1H3/b18-15+. The third-order valence-corrected chi connectivity index (χ3v) is 4.80. The highest BCUT2D eigenvalue weighted by Gasteiger charge is 2.27. The van der Waals surface area contributed by atoms with Crippen LogP contribution in [0.2, 0.25) is 0 Å². The number of hydrazone groups is 1. The van der Waals surface area contributed by atoms with E-state index in [0.717, 1.165) is 18.5 Å². The molecule has 0 aliphatic heterocycles. The van der Waals surface area contributed by atoms with E-state index in [9.17, 15) is 0 Å². The summed E-state index contributed by atoms with van der Waals surface area (Å²) in [6.45, 7) is 2.26. The first-order chi connectivity index (χ1) is 9.42. The van der Waals surface area contributed by atoms with Crippen molar-refractivity contribution < 1.29 is 0 Å². The molecule has 0 bridgehead atoms. The van der Waals surface area contributed by atoms with Crippen molar-refractivity contribution in [2.75, 3.05) is 0 Å². The maximum atomic E-state index is 4.92. The Morgan fingerprint density at radius 1 is 0.895 bits per heavy atom. The molecule has 2 saturated carbocycles. The van der Waals surface area contributed by atoms with Crippen LogP contribution >= 0.6 is 0 Å². The Morgan fingerprint density at radius 2 is 1.42 bits per heavy atom. The second-order valence-electron chi connectivity index (χ2n) is 6.40. The first-order valence-electron chi connectivity index (χ1n) is 8.72. The summed E-state index contributed by atoms with van der Waals surface area (Å²) < 4.78 is 0. The van der Waals surface area contributed by atoms with Crippen molar-refractivity contribution in [1.29, 1.82) is 0 Å². The van der Waals surface area contributed by atoms with Gasteiger partial charge in [0.2, 0.25) is 0 Å². The maximum absolute atomic E-state index is 4.92. The monoisotopic (exact) mass is 264 g/mol. The van der Waals surface area contributed by atoms with Gasteiger partial charge in [0.05, 0.1) is 0 Å². The van der Waals surface area contributed by atoms with Crippen LogP contribution in [-0.2, 0) is 0 Å². The minimum atomic E-state index is 0.745. The van der Waals surface area contributed by atoms with Crippen LogP contribution in [-0.4, -0.2) is 23.3 Å². The largest absolute Gasteiger partial charge is 0.291 e. The molecule has 2 fully saturated rings. The zero-order valence-electron chi connectivity index (χ0n) is 12.8. The van der Waals surface area contributed by atoms with Crippen molar-refractivity contribution in [3.8, 4) is 0 Å². The van der Waals surface area contributed by atoms with E-state index in [1.165, 1.54) is 77.0 Å². The van der Waals surface area contributed by atoms with Crippen molar-refractivity contribution in [2.45, 2.75) is 102 Å². The molecule has 0 spiro atoms. The Labute approximate surface area is 119 Å². The molecule has 0 unspecified atom stereocenters. The summed E-state index contributed by atoms with van der Waals surface area (Å²) >= 11 is 0. The lowest BCUT2D eigenvalue weighted by Crippen LogP contribution is -2.41. The molecule has 2 aliphatic rings. The average molecular weight is 264 g/mol. The molecule has 2 rings (SSSR count). The Morgan fingerprint density at radius 3 is 1.89 bits per heavy atom. The zero-order valence-corrected chi connectivity index (χ0v) is 12.8. The highest BCUT2D eigenvalue weighted by Crippen LogP contribution is 2.30. The molecule has 0 amide bonds. The van der Waals surface area contributed by atoms with E-state index in [4.69, 9.17) is 5.10 Å². The molecular formula is C17H32N2. The normalized spacial score (nSPS) is 23.0. The molecule has 2 nitrogen and oxygen atoms in total. The van der Waals surface area contributed by atoms with E-state index in [1.54, 1.807) is 0 Å². The van der Waals surface area contributed by atoms with Crippen LogP contribution in [0.15, 0.2) is 5.10 Å². The fourth-order valence-corrected chi connectivity index (χ4v) is 3.63. The van der Waals surface area contributed by atoms with E-state index in [2.05, 4.69) is 18.1 Å². The fourth-order valence-electron chi connectivity index (χ4n) is 3.63. The molecule has 0 radical (unpaired) electrons. The van der Waals surface area contributed by atoms with Gasteiger partial charge in [-0.2, -0.15) is 5.10 Å². The Kier molecular flexibility index (Phi) is 6.73. The number of rotatable bonds is 6. The molecule has 0 aromatic carbocycles. The zero-order chi connectivity index (χ0) is 13.3. The van der Waals surface area contributed by atoms with E-state index in [0.29, 0.717) is 0 Å². The van der Waals surface area contributed by atoms with Gasteiger partial charge >= 0.3 is 0 Å². The SMILES string of the molecule is CCCC/C=N/N(C1CCCCC1)C1CCCCC1. The lowest BCUT2D eigenvalue weighted by Gasteiger charge is -2.39. The van der Waals surface area contributed by atoms with Crippen LogP contribution in [0.1, 0.15) is 90.4 Å². The molecule has 2 aliphatic carbocycles. The Bertz CT molecular complexity index is 232. The van der Waals surface area contributed by atoms with Gasteiger partial charge in [0.15, 0.2) is 0 Å². The number of nitrogens with zero attached hydrogens (tertiary/aromatic N) is 2. The summed E-state index contributed by atoms with van der Waals surface area (Å²) in [6.07, 6.45) is 20.0. The first kappa shape index (κ1) is 14.9. The van der Waals surface area contributed by atoms with Gasteiger partial charge in [-0.3, -0.25) is 5.01 Å². The highest BCUT2D eigenvalue weighted by molar-refractivity contribution is 5.56. The smallest absolute Gasteiger partial charge is 0.0473 e. The molecule has 110 valence electrons. The second kappa shape index (κ2) is 8.60. The summed E-state index contributed by atoms with van der Waals surface area (Å²) in [7, 11) is 0. The number of hydrogen-bond acceptors (Lipinski definition) is 2. The molecule has 0 aromatic rings. The Hall–Kier alpha value is -0.530. The summed E-state index contributed by atoms with van der Waals surface area (Å²) in [4.78, 5) is 0. The molecule has 0 N–H and O–H groups in total. The molecule has 0 heterocycles. The van der Waals surface area contributed by atoms with Crippen LogP contribution in [0.4, 0.5) is 0 Å². The fraction of sp³-hybridized carbons (Fsp3) is 0.941. The summed E-state index contributed by atoms with van der Waals surface area (Å²) in [6, 6.07) is 1.49. The Balaban J connectivity index is 1.92. The molecular weight excluding hydrogens is 232 g/mol. The van der Waals surface area contributed by atoms with Gasteiger partial charge in [0, 0.05) is 18.3 Å². The quantitative estimate of drug-likeness (QED) is 0.369. The van der Waals surface area contributed by atoms with Gasteiger partial charge in [0.1, 0.15) is 0 Å². The van der Waals surface area contributed by atoms with Gasteiger partial charge in [-0.05, 0) is 38.5 Å². The molecule has 0 atom stereocenters. The summed E-state index contributed by atoms with van der Waals surface area (Å²) in [5.41, 5.74) is 0. The van der Waals surface area contributed by atoms with Gasteiger partial charge in [-0.1, -0.05) is 51.9 Å². The van der Waals surface area contributed by atoms with Crippen molar-refractivity contribution in [1.82, 2.24) is 5.01 Å². The third kappa shape index (κ3) is 4.81. The van der Waals surface area contributed by atoms with Crippen LogP contribution in [0.5, 0.6) is 0 Å². The predicted molar refractivity (Wildman–Crippen MR) is 83.6 cm³/mol. The van der Waals surface area contributed by atoms with Crippen molar-refractivity contribution in [2.24, 2.45) is 5.10 Å². The van der Waals surface area contributed by atoms with Gasteiger partial charge in [0.25, 0.3) is 0 Å². The lowest BCUT2D eigenvalue weighted by atomic mass is 9.90. The second-order valence-corrected chi connectivity index (χ2v) is 6.40. The highest BCUT2D eigenvalue weighted by atomic mass is 15.5. The van der Waals surface area contributed by atoms with Gasteiger partial charge in [-0.15, -0.1) is 0 Å². The maximum Gasteiger partial charge on any atom is 0.0473 e. The molecule has 2 heteroatoms. The minimum absolute atomic E-state index is 0.745. The molecule has 19 heavy (non-hydrogen) atoms. The van der Waals surface area contributed by atoms with Gasteiger partial charge in [-0.25, -0.2) is 0 Å². The van der Waals surface area contributed by atoms with E-state index < -0.39 is 0 Å². The number of hydrogen-bond donors (Lipinski definition) is 0. The van der Waals surface area contributed by atoms with Crippen molar-refractivity contribution in [3.63, 3.8) is 0 Å². The van der Waals surface area contributed by atoms with E-state index >= 15 is 0 Å². The summed E-state index contributed by atoms with van der Waals surface area (Å²) in [5, 5.41) is 7.45. The van der Waals surface area contributed by atoms with Crippen LogP contribution in [0.3, 0.4) is 0 Å². The van der Waals surface area contributed by atoms with Gasteiger partial charge < -0.3 is 0 Å². The molecule has 0 saturated heterocycles. The topological polar surface area (TPSA) is 15.6 Å². The van der Waals surface area contributed by atoms with Crippen LogP contribution in [0.25, 0.3) is 0 Å². The average Bonchev–Trinajstić information content (AvgIpc) is 2.49. The van der Waals surface area contributed by atoms with E-state index in [1.807, 2.05) is 0 Å². The summed E-state index contributed by atoms with van der Waals surface area (Å²) in [5.74, 6) is 0. The predicted octanol–water partition coefficient (Wildman–Crippen LogP) is 5.13. The molecule has 0 aromatic heterocycles. The lowest BCUT2D eigenvalue weighted by molar-refractivity contribution is 0.0852. The minimum Gasteiger partial charge on any atom is -0.291 e. The first-order valence-corrected chi connectivity index (χ1v) is 8.72. The third-order valence-electron chi connectivity index (χ3n) is 4.80. The number of unbranched alkanes of at least 4 members (excludes halogenated alkanes) is 2.